The van der Waals surface area contributed by atoms with Crippen molar-refractivity contribution in [2.24, 2.45) is 0 Å². The van der Waals surface area contributed by atoms with Crippen molar-refractivity contribution in [3.05, 3.63) is 81.7 Å². The van der Waals surface area contributed by atoms with E-state index in [9.17, 15) is 0 Å². The lowest BCUT2D eigenvalue weighted by Crippen LogP contribution is -2.60. The minimum atomic E-state index is 0.0609. The van der Waals surface area contributed by atoms with E-state index >= 15 is 0 Å². The summed E-state index contributed by atoms with van der Waals surface area (Å²) in [6, 6.07) is 15.5. The molecule has 0 saturated carbocycles. The van der Waals surface area contributed by atoms with Crippen LogP contribution < -0.4 is 10.0 Å². The maximum absolute atomic E-state index is 9.16. The number of para-hydroxylation sites is 1. The first-order valence-corrected chi connectivity index (χ1v) is 10.0. The van der Waals surface area contributed by atoms with E-state index in [1.54, 1.807) is 6.20 Å². The van der Waals surface area contributed by atoms with Gasteiger partial charge in [-0.1, -0.05) is 51.8 Å². The summed E-state index contributed by atoms with van der Waals surface area (Å²) in [5, 5.41) is 9.75. The summed E-state index contributed by atoms with van der Waals surface area (Å²) in [6.07, 6.45) is 5.23. The van der Waals surface area contributed by atoms with Crippen LogP contribution in [-0.4, -0.2) is 22.3 Å². The van der Waals surface area contributed by atoms with Crippen LogP contribution in [0.15, 0.2) is 65.5 Å². The molecule has 4 rings (SSSR count). The average molecular weight is 456 g/mol. The Morgan fingerprint density at radius 3 is 2.64 bits per heavy atom. The van der Waals surface area contributed by atoms with Crippen LogP contribution in [0.5, 0.6) is 0 Å². The second kappa shape index (κ2) is 7.47. The molecule has 0 aliphatic carbocycles. The molecule has 0 fully saturated rings. The van der Waals surface area contributed by atoms with Gasteiger partial charge in [0.15, 0.2) is 0 Å². The Morgan fingerprint density at radius 2 is 1.93 bits per heavy atom. The van der Waals surface area contributed by atoms with Gasteiger partial charge in [-0.3, -0.25) is 0 Å². The van der Waals surface area contributed by atoms with Crippen LogP contribution >= 0.6 is 27.5 Å². The minimum absolute atomic E-state index is 0.0609. The van der Waals surface area contributed by atoms with Gasteiger partial charge in [-0.15, -0.1) is 4.59 Å². The fourth-order valence-electron chi connectivity index (χ4n) is 3.46. The lowest BCUT2D eigenvalue weighted by atomic mass is 9.97. The summed E-state index contributed by atoms with van der Waals surface area (Å²) in [6.45, 7) is 2.61. The number of aromatic nitrogens is 2. The second-order valence-electron chi connectivity index (χ2n) is 6.41. The highest BCUT2D eigenvalue weighted by Gasteiger charge is 2.45. The Bertz CT molecular complexity index is 1060. The molecule has 7 heteroatoms. The average Bonchev–Trinajstić information content (AvgIpc) is 2.71. The Morgan fingerprint density at radius 1 is 1.14 bits per heavy atom. The predicted molar refractivity (Wildman–Crippen MR) is 119 cm³/mol. The highest BCUT2D eigenvalue weighted by molar-refractivity contribution is 9.10. The molecule has 0 saturated heterocycles. The number of anilines is 1. The first kappa shape index (κ1) is 18.8. The Balaban J connectivity index is 1.95. The van der Waals surface area contributed by atoms with Gasteiger partial charge in [0.25, 0.3) is 11.7 Å². The molecular weight excluding hydrogens is 438 g/mol. The summed E-state index contributed by atoms with van der Waals surface area (Å²) in [4.78, 5) is 8.73. The summed E-state index contributed by atoms with van der Waals surface area (Å²) in [5.74, 6) is 1.10. The number of nitrogens with zero attached hydrogens (tertiary/aromatic N) is 3. The van der Waals surface area contributed by atoms with E-state index < -0.39 is 0 Å². The van der Waals surface area contributed by atoms with Crippen LogP contribution in [0.4, 0.5) is 11.5 Å². The Hall–Kier alpha value is -2.54. The number of amidine groups is 1. The maximum atomic E-state index is 9.16. The fourth-order valence-corrected chi connectivity index (χ4v) is 4.43. The summed E-state index contributed by atoms with van der Waals surface area (Å²) < 4.78 is 0.899. The number of hydrogen-bond donors (Lipinski definition) is 2. The molecule has 0 bridgehead atoms. The van der Waals surface area contributed by atoms with Gasteiger partial charge in [-0.25, -0.2) is 15.8 Å². The van der Waals surface area contributed by atoms with Crippen LogP contribution in [0.2, 0.25) is 5.02 Å². The third-order valence-electron chi connectivity index (χ3n) is 4.82. The fraction of sp³-hybridized carbons (Fsp3) is 0.0952. The number of halogens is 2. The van der Waals surface area contributed by atoms with Gasteiger partial charge < -0.3 is 0 Å². The molecule has 28 heavy (non-hydrogen) atoms. The standard InChI is InChI=1S/C21H18BrClN5/c1-2-28(27-15-7-4-3-5-8-15)20(24)16(11-14-12-25-13-26-21(14)28)19-17(22)9-6-10-18(19)23/h3-13,24,27H,2H2,1H3/q+1. The summed E-state index contributed by atoms with van der Waals surface area (Å²) in [7, 11) is 0. The van der Waals surface area contributed by atoms with Crippen molar-refractivity contribution in [1.82, 2.24) is 14.6 Å². The number of benzene rings is 2. The molecule has 1 aliphatic heterocycles. The van der Waals surface area contributed by atoms with Gasteiger partial charge in [-0.2, -0.15) is 4.98 Å². The lowest BCUT2D eigenvalue weighted by Gasteiger charge is -2.38. The van der Waals surface area contributed by atoms with Crippen molar-refractivity contribution in [3.8, 4) is 0 Å². The molecule has 0 amide bonds. The summed E-state index contributed by atoms with van der Waals surface area (Å²) in [5.41, 5.74) is 6.78. The molecular formula is C21H18BrClN5+. The van der Waals surface area contributed by atoms with Gasteiger partial charge >= 0.3 is 0 Å². The van der Waals surface area contributed by atoms with Crippen molar-refractivity contribution in [1.29, 1.82) is 5.41 Å². The zero-order chi connectivity index (χ0) is 19.7. The predicted octanol–water partition coefficient (Wildman–Crippen LogP) is 5.78. The zero-order valence-corrected chi connectivity index (χ0v) is 17.5. The third kappa shape index (κ3) is 3.03. The van der Waals surface area contributed by atoms with Crippen LogP contribution in [0, 0.1) is 5.41 Å². The highest BCUT2D eigenvalue weighted by Crippen LogP contribution is 2.41. The van der Waals surface area contributed by atoms with E-state index in [2.05, 4.69) is 31.3 Å². The Kier molecular flexibility index (Phi) is 5.02. The van der Waals surface area contributed by atoms with Crippen LogP contribution in [0.3, 0.4) is 0 Å². The molecule has 1 aromatic heterocycles. The number of hydrogen-bond acceptors (Lipinski definition) is 4. The van der Waals surface area contributed by atoms with Gasteiger partial charge in [0.05, 0.1) is 16.8 Å². The van der Waals surface area contributed by atoms with E-state index in [-0.39, 0.29) is 4.59 Å². The van der Waals surface area contributed by atoms with E-state index in [0.29, 0.717) is 17.4 Å². The second-order valence-corrected chi connectivity index (χ2v) is 7.67. The van der Waals surface area contributed by atoms with Crippen molar-refractivity contribution in [2.45, 2.75) is 6.92 Å². The number of fused-ring (bicyclic) bond motifs is 1. The number of rotatable bonds is 4. The smallest absolute Gasteiger partial charge is 0.248 e. The number of nitrogens with one attached hydrogen (secondary N) is 2. The molecule has 1 unspecified atom stereocenters. The normalized spacial score (nSPS) is 18.4. The molecule has 2 heterocycles. The first-order valence-electron chi connectivity index (χ1n) is 8.84. The van der Waals surface area contributed by atoms with Crippen molar-refractivity contribution < 1.29 is 0 Å². The molecule has 1 atom stereocenters. The van der Waals surface area contributed by atoms with Gasteiger partial charge in [-0.05, 0) is 37.3 Å². The monoisotopic (exact) mass is 454 g/mol. The first-order chi connectivity index (χ1) is 13.6. The summed E-state index contributed by atoms with van der Waals surface area (Å²) >= 11 is 10.1. The molecule has 5 nitrogen and oxygen atoms in total. The topological polar surface area (TPSA) is 61.7 Å². The molecule has 140 valence electrons. The molecule has 0 radical (unpaired) electrons. The number of likely N-dealkylation sites (N-methyl/N-ethyl adjacent to an activating group) is 1. The van der Waals surface area contributed by atoms with Crippen molar-refractivity contribution >= 4 is 56.5 Å². The van der Waals surface area contributed by atoms with E-state index in [4.69, 9.17) is 17.0 Å². The van der Waals surface area contributed by atoms with Gasteiger partial charge in [0, 0.05) is 21.3 Å². The molecule has 2 aromatic carbocycles. The Labute approximate surface area is 176 Å². The lowest BCUT2D eigenvalue weighted by molar-refractivity contribution is 0.491. The maximum Gasteiger partial charge on any atom is 0.269 e. The minimum Gasteiger partial charge on any atom is -0.248 e. The third-order valence-corrected chi connectivity index (χ3v) is 5.79. The molecule has 1 aliphatic rings. The number of quaternary nitrogens is 1. The largest absolute Gasteiger partial charge is 0.269 e. The van der Waals surface area contributed by atoms with Crippen LogP contribution in [0.1, 0.15) is 18.1 Å². The van der Waals surface area contributed by atoms with E-state index in [1.165, 1.54) is 6.33 Å². The molecule has 3 aromatic rings. The molecule has 0 spiro atoms. The van der Waals surface area contributed by atoms with Crippen LogP contribution in [0.25, 0.3) is 11.6 Å². The quantitative estimate of drug-likeness (QED) is 0.490. The highest BCUT2D eigenvalue weighted by atomic mass is 79.9. The van der Waals surface area contributed by atoms with Crippen molar-refractivity contribution in [3.63, 3.8) is 0 Å². The van der Waals surface area contributed by atoms with E-state index in [0.717, 1.165) is 32.7 Å². The SMILES string of the molecule is CC[N+]1(Nc2ccccc2)C(=N)C(c2c(Cl)cccc2Br)=Cc2cncnc21. The van der Waals surface area contributed by atoms with Crippen molar-refractivity contribution in [2.75, 3.05) is 12.0 Å². The molecule has 2 N–H and O–H groups in total. The van der Waals surface area contributed by atoms with Crippen LogP contribution in [-0.2, 0) is 0 Å². The van der Waals surface area contributed by atoms with Gasteiger partial charge in [0.1, 0.15) is 12.9 Å². The van der Waals surface area contributed by atoms with Gasteiger partial charge in [0.2, 0.25) is 0 Å². The zero-order valence-electron chi connectivity index (χ0n) is 15.2. The van der Waals surface area contributed by atoms with E-state index in [1.807, 2.05) is 61.5 Å².